The van der Waals surface area contributed by atoms with Crippen LogP contribution in [0.2, 0.25) is 0 Å². The standard InChI is InChI=1S/C14H10BrF6N3O2/c1-7-11(15)12(13(16,17)18)23-24(7)6-10(25)22-8-2-4-9(5-3-8)26-14(19,20)21/h2-5H,6H2,1H3,(H,22,25). The second kappa shape index (κ2) is 7.17. The van der Waals surface area contributed by atoms with Crippen LogP contribution in [-0.4, -0.2) is 22.1 Å². The minimum Gasteiger partial charge on any atom is -0.406 e. The lowest BCUT2D eigenvalue weighted by Gasteiger charge is -2.10. The molecule has 0 aliphatic carbocycles. The summed E-state index contributed by atoms with van der Waals surface area (Å²) in [6.45, 7) is 0.837. The van der Waals surface area contributed by atoms with E-state index < -0.39 is 36.4 Å². The highest BCUT2D eigenvalue weighted by atomic mass is 79.9. The lowest BCUT2D eigenvalue weighted by atomic mass is 10.3. The molecule has 26 heavy (non-hydrogen) atoms. The lowest BCUT2D eigenvalue weighted by Crippen LogP contribution is -2.21. The van der Waals surface area contributed by atoms with Gasteiger partial charge < -0.3 is 10.1 Å². The number of halogens is 7. The number of amides is 1. The van der Waals surface area contributed by atoms with Crippen molar-refractivity contribution in [2.24, 2.45) is 0 Å². The fourth-order valence-electron chi connectivity index (χ4n) is 1.94. The van der Waals surface area contributed by atoms with Gasteiger partial charge in [-0.3, -0.25) is 9.48 Å². The van der Waals surface area contributed by atoms with Crippen LogP contribution in [0.25, 0.3) is 0 Å². The fourth-order valence-corrected chi connectivity index (χ4v) is 2.44. The number of carbonyl (C=O) groups is 1. The van der Waals surface area contributed by atoms with E-state index in [4.69, 9.17) is 0 Å². The summed E-state index contributed by atoms with van der Waals surface area (Å²) < 4.78 is 78.8. The molecule has 0 bridgehead atoms. The summed E-state index contributed by atoms with van der Waals surface area (Å²) in [6.07, 6.45) is -9.52. The number of alkyl halides is 6. The number of anilines is 1. The van der Waals surface area contributed by atoms with Crippen molar-refractivity contribution in [3.63, 3.8) is 0 Å². The molecular formula is C14H10BrF6N3O2. The average Bonchev–Trinajstić information content (AvgIpc) is 2.76. The maximum Gasteiger partial charge on any atom is 0.573 e. The van der Waals surface area contributed by atoms with E-state index in [0.29, 0.717) is 0 Å². The van der Waals surface area contributed by atoms with Gasteiger partial charge in [-0.1, -0.05) is 0 Å². The van der Waals surface area contributed by atoms with E-state index in [0.717, 1.165) is 28.9 Å². The Labute approximate surface area is 151 Å². The van der Waals surface area contributed by atoms with Crippen molar-refractivity contribution in [2.45, 2.75) is 26.0 Å². The average molecular weight is 446 g/mol. The summed E-state index contributed by atoms with van der Waals surface area (Å²) in [5, 5.41) is 5.70. The second-order valence-corrected chi connectivity index (χ2v) is 5.82. The molecule has 0 aliphatic heterocycles. The van der Waals surface area contributed by atoms with Crippen LogP contribution in [0.4, 0.5) is 32.0 Å². The van der Waals surface area contributed by atoms with Crippen molar-refractivity contribution in [1.29, 1.82) is 0 Å². The normalized spacial score (nSPS) is 12.2. The molecule has 5 nitrogen and oxygen atoms in total. The van der Waals surface area contributed by atoms with Gasteiger partial charge in [0.1, 0.15) is 12.3 Å². The van der Waals surface area contributed by atoms with E-state index in [2.05, 4.69) is 31.1 Å². The minimum atomic E-state index is -4.84. The molecule has 0 atom stereocenters. The van der Waals surface area contributed by atoms with E-state index in [1.807, 2.05) is 0 Å². The maximum absolute atomic E-state index is 12.8. The van der Waals surface area contributed by atoms with Crippen LogP contribution >= 0.6 is 15.9 Å². The van der Waals surface area contributed by atoms with Crippen molar-refractivity contribution < 1.29 is 35.9 Å². The third-order valence-electron chi connectivity index (χ3n) is 3.07. The SMILES string of the molecule is Cc1c(Br)c(C(F)(F)F)nn1CC(=O)Nc1ccc(OC(F)(F)F)cc1. The van der Waals surface area contributed by atoms with E-state index in [1.165, 1.54) is 6.92 Å². The van der Waals surface area contributed by atoms with Gasteiger partial charge in [0, 0.05) is 5.69 Å². The van der Waals surface area contributed by atoms with Crippen LogP contribution in [0.15, 0.2) is 28.7 Å². The van der Waals surface area contributed by atoms with Crippen LogP contribution in [0.1, 0.15) is 11.4 Å². The zero-order chi connectivity index (χ0) is 19.7. The first-order chi connectivity index (χ1) is 11.9. The molecule has 0 spiro atoms. The zero-order valence-electron chi connectivity index (χ0n) is 12.9. The number of ether oxygens (including phenoxy) is 1. The van der Waals surface area contributed by atoms with E-state index in [-0.39, 0.29) is 15.9 Å². The topological polar surface area (TPSA) is 56.2 Å². The fraction of sp³-hybridized carbons (Fsp3) is 0.286. The summed E-state index contributed by atoms with van der Waals surface area (Å²) in [4.78, 5) is 11.9. The van der Waals surface area contributed by atoms with Crippen LogP contribution in [0.5, 0.6) is 5.75 Å². The first kappa shape index (κ1) is 20.1. The van der Waals surface area contributed by atoms with Crippen molar-refractivity contribution in [3.05, 3.63) is 40.1 Å². The van der Waals surface area contributed by atoms with Crippen LogP contribution in [-0.2, 0) is 17.5 Å². The number of carbonyl (C=O) groups excluding carboxylic acids is 1. The first-order valence-electron chi connectivity index (χ1n) is 6.82. The molecule has 0 unspecified atom stereocenters. The van der Waals surface area contributed by atoms with E-state index >= 15 is 0 Å². The monoisotopic (exact) mass is 445 g/mol. The molecule has 0 aliphatic rings. The Bertz CT molecular complexity index is 799. The molecule has 1 aromatic heterocycles. The van der Waals surface area contributed by atoms with Gasteiger partial charge in [0.05, 0.1) is 10.2 Å². The maximum atomic E-state index is 12.8. The second-order valence-electron chi connectivity index (χ2n) is 5.02. The van der Waals surface area contributed by atoms with Crippen molar-refractivity contribution >= 4 is 27.5 Å². The molecule has 12 heteroatoms. The van der Waals surface area contributed by atoms with E-state index in [1.54, 1.807) is 0 Å². The van der Waals surface area contributed by atoms with Gasteiger partial charge in [0.15, 0.2) is 5.69 Å². The molecule has 0 fully saturated rings. The zero-order valence-corrected chi connectivity index (χ0v) is 14.5. The predicted molar refractivity (Wildman–Crippen MR) is 81.4 cm³/mol. The molecule has 0 radical (unpaired) electrons. The smallest absolute Gasteiger partial charge is 0.406 e. The summed E-state index contributed by atoms with van der Waals surface area (Å²) >= 11 is 2.78. The highest BCUT2D eigenvalue weighted by molar-refractivity contribution is 9.10. The number of nitrogens with zero attached hydrogens (tertiary/aromatic N) is 2. The highest BCUT2D eigenvalue weighted by Crippen LogP contribution is 2.35. The van der Waals surface area contributed by atoms with Gasteiger partial charge >= 0.3 is 12.5 Å². The van der Waals surface area contributed by atoms with Gasteiger partial charge in [-0.2, -0.15) is 18.3 Å². The summed E-state index contributed by atoms with van der Waals surface area (Å²) in [5.74, 6) is -1.18. The lowest BCUT2D eigenvalue weighted by molar-refractivity contribution is -0.274. The Hall–Kier alpha value is -2.24. The molecule has 2 aromatic rings. The van der Waals surface area contributed by atoms with Crippen LogP contribution in [0.3, 0.4) is 0 Å². The van der Waals surface area contributed by atoms with Crippen LogP contribution in [0, 0.1) is 6.92 Å². The largest absolute Gasteiger partial charge is 0.573 e. The number of hydrogen-bond donors (Lipinski definition) is 1. The number of benzene rings is 1. The number of nitrogens with one attached hydrogen (secondary N) is 1. The molecule has 2 rings (SSSR count). The Morgan fingerprint density at radius 1 is 1.19 bits per heavy atom. The van der Waals surface area contributed by atoms with Gasteiger partial charge in [-0.15, -0.1) is 13.2 Å². The third kappa shape index (κ3) is 5.13. The van der Waals surface area contributed by atoms with Crippen LogP contribution < -0.4 is 10.1 Å². The molecule has 1 amide bonds. The summed E-state index contributed by atoms with van der Waals surface area (Å²) in [5.41, 5.74) is -0.915. The molecular weight excluding hydrogens is 436 g/mol. The Morgan fingerprint density at radius 2 is 1.77 bits per heavy atom. The van der Waals surface area contributed by atoms with E-state index in [9.17, 15) is 31.1 Å². The Kier molecular flexibility index (Phi) is 5.54. The van der Waals surface area contributed by atoms with Gasteiger partial charge in [0.2, 0.25) is 5.91 Å². The minimum absolute atomic E-state index is 0.0985. The predicted octanol–water partition coefficient (Wildman–Crippen LogP) is 4.51. The van der Waals surface area contributed by atoms with Crippen molar-refractivity contribution in [2.75, 3.05) is 5.32 Å². The number of rotatable bonds is 4. The van der Waals surface area contributed by atoms with Crippen molar-refractivity contribution in [3.8, 4) is 5.75 Å². The first-order valence-corrected chi connectivity index (χ1v) is 7.62. The molecule has 1 aromatic carbocycles. The molecule has 142 valence electrons. The molecule has 1 N–H and O–H groups in total. The van der Waals surface area contributed by atoms with Crippen molar-refractivity contribution in [1.82, 2.24) is 9.78 Å². The molecule has 0 saturated carbocycles. The van der Waals surface area contributed by atoms with Gasteiger partial charge in [-0.05, 0) is 47.1 Å². The summed E-state index contributed by atoms with van der Waals surface area (Å²) in [6, 6.07) is 4.29. The third-order valence-corrected chi connectivity index (χ3v) is 4.02. The summed E-state index contributed by atoms with van der Waals surface area (Å²) in [7, 11) is 0. The van der Waals surface area contributed by atoms with Gasteiger partial charge in [-0.25, -0.2) is 0 Å². The molecule has 0 saturated heterocycles. The Morgan fingerprint density at radius 3 is 2.23 bits per heavy atom. The highest BCUT2D eigenvalue weighted by Gasteiger charge is 2.38. The molecule has 1 heterocycles. The number of hydrogen-bond acceptors (Lipinski definition) is 3. The van der Waals surface area contributed by atoms with Gasteiger partial charge in [0.25, 0.3) is 0 Å². The number of aromatic nitrogens is 2. The quantitative estimate of drug-likeness (QED) is 0.704. The Balaban J connectivity index is 2.05.